The van der Waals surface area contributed by atoms with E-state index in [-0.39, 0.29) is 18.9 Å². The molecule has 2 rings (SSSR count). The Balaban J connectivity index is 2.10. The maximum atomic E-state index is 12.9. The average Bonchev–Trinajstić information content (AvgIpc) is 2.56. The number of nitrogens with zero attached hydrogens (tertiary/aromatic N) is 3. The summed E-state index contributed by atoms with van der Waals surface area (Å²) in [5.74, 6) is -1.24. The van der Waals surface area contributed by atoms with Crippen molar-refractivity contribution in [3.8, 4) is 0 Å². The van der Waals surface area contributed by atoms with Gasteiger partial charge in [0.05, 0.1) is 6.42 Å². The maximum Gasteiger partial charge on any atom is 0.348 e. The lowest BCUT2D eigenvalue weighted by molar-refractivity contribution is -0.137. The highest BCUT2D eigenvalue weighted by atomic mass is 19.1. The summed E-state index contributed by atoms with van der Waals surface area (Å²) >= 11 is 0. The number of carbonyl (C=O) groups is 2. The molecule has 2 heterocycles. The van der Waals surface area contributed by atoms with Gasteiger partial charge in [-0.1, -0.05) is 13.8 Å². The Bertz CT molecular complexity index is 716. The van der Waals surface area contributed by atoms with E-state index in [4.69, 9.17) is 5.11 Å². The molecule has 0 radical (unpaired) electrons. The van der Waals surface area contributed by atoms with Crippen LogP contribution in [-0.4, -0.2) is 63.8 Å². The molecule has 0 bridgehead atoms. The minimum atomic E-state index is -1.00. The zero-order valence-electron chi connectivity index (χ0n) is 15.7. The second-order valence-electron chi connectivity index (χ2n) is 7.34. The molecular formula is C18H27FN4O4. The summed E-state index contributed by atoms with van der Waals surface area (Å²) in [6, 6.07) is -0.752. The Hall–Kier alpha value is -2.29. The zero-order chi connectivity index (χ0) is 20.0. The van der Waals surface area contributed by atoms with E-state index < -0.39 is 29.8 Å². The Kier molecular flexibility index (Phi) is 7.46. The second kappa shape index (κ2) is 9.59. The summed E-state index contributed by atoms with van der Waals surface area (Å²) < 4.78 is 14.2. The molecule has 2 N–H and O–H groups in total. The van der Waals surface area contributed by atoms with Crippen LogP contribution in [-0.2, 0) is 16.0 Å². The molecule has 0 spiro atoms. The Morgan fingerprint density at radius 1 is 1.41 bits per heavy atom. The Labute approximate surface area is 157 Å². The molecule has 1 amide bonds. The summed E-state index contributed by atoms with van der Waals surface area (Å²) in [6.45, 7) is 5.40. The van der Waals surface area contributed by atoms with E-state index in [9.17, 15) is 18.8 Å². The number of nitrogens with one attached hydrogen (secondary N) is 1. The molecular weight excluding hydrogens is 355 g/mol. The number of amides is 1. The fourth-order valence-corrected chi connectivity index (χ4v) is 3.00. The molecule has 1 aromatic heterocycles. The van der Waals surface area contributed by atoms with E-state index in [0.717, 1.165) is 5.56 Å². The maximum absolute atomic E-state index is 12.9. The van der Waals surface area contributed by atoms with Crippen LogP contribution in [0.5, 0.6) is 0 Å². The summed E-state index contributed by atoms with van der Waals surface area (Å²) in [5.41, 5.74) is 0.273. The van der Waals surface area contributed by atoms with Gasteiger partial charge in [-0.05, 0) is 24.3 Å². The number of alkyl halides is 1. The van der Waals surface area contributed by atoms with Crippen LogP contribution in [0.25, 0.3) is 0 Å². The summed E-state index contributed by atoms with van der Waals surface area (Å²) in [7, 11) is 0. The number of hydrogen-bond donors (Lipinski definition) is 2. The van der Waals surface area contributed by atoms with Crippen LogP contribution in [0.15, 0.2) is 17.2 Å². The molecule has 1 fully saturated rings. The highest BCUT2D eigenvalue weighted by Gasteiger charge is 2.26. The van der Waals surface area contributed by atoms with Crippen LogP contribution >= 0.6 is 0 Å². The van der Waals surface area contributed by atoms with Crippen molar-refractivity contribution in [2.75, 3.05) is 26.2 Å². The van der Waals surface area contributed by atoms with E-state index in [0.29, 0.717) is 32.5 Å². The lowest BCUT2D eigenvalue weighted by Gasteiger charge is -2.34. The van der Waals surface area contributed by atoms with Gasteiger partial charge in [0.15, 0.2) is 0 Å². The monoisotopic (exact) mass is 382 g/mol. The van der Waals surface area contributed by atoms with Gasteiger partial charge in [0.1, 0.15) is 12.2 Å². The van der Waals surface area contributed by atoms with Crippen molar-refractivity contribution in [2.24, 2.45) is 5.92 Å². The normalized spacial score (nSPS) is 16.1. The van der Waals surface area contributed by atoms with Gasteiger partial charge in [-0.2, -0.15) is 0 Å². The molecule has 0 saturated carbocycles. The molecule has 1 aromatic rings. The summed E-state index contributed by atoms with van der Waals surface area (Å²) in [4.78, 5) is 41.3. The SMILES string of the molecule is CC(C)C[C@@H](C(=O)NCCC(=O)O)n1cc(CCN2CC(F)C2)cnc1=O. The van der Waals surface area contributed by atoms with Crippen molar-refractivity contribution in [3.63, 3.8) is 0 Å². The first kappa shape index (κ1) is 21.0. The van der Waals surface area contributed by atoms with Crippen LogP contribution in [0.2, 0.25) is 0 Å². The van der Waals surface area contributed by atoms with E-state index in [1.165, 1.54) is 10.8 Å². The number of rotatable bonds is 10. The minimum absolute atomic E-state index is 0.00396. The third-order valence-corrected chi connectivity index (χ3v) is 4.47. The summed E-state index contributed by atoms with van der Waals surface area (Å²) in [5, 5.41) is 11.3. The molecule has 1 atom stereocenters. The standard InChI is InChI=1S/C18H27FN4O4/c1-12(2)7-15(17(26)20-5-3-16(24)25)23-9-13(8-21-18(23)27)4-6-22-10-14(19)11-22/h8-9,12,14-15H,3-7,10-11H2,1-2H3,(H,20,26)(H,24,25)/t15-/m0/s1. The van der Waals surface area contributed by atoms with Crippen molar-refractivity contribution in [3.05, 3.63) is 28.4 Å². The molecule has 1 saturated heterocycles. The highest BCUT2D eigenvalue weighted by molar-refractivity contribution is 5.80. The van der Waals surface area contributed by atoms with Crippen LogP contribution < -0.4 is 11.0 Å². The predicted molar refractivity (Wildman–Crippen MR) is 97.3 cm³/mol. The van der Waals surface area contributed by atoms with Crippen LogP contribution in [0.4, 0.5) is 4.39 Å². The average molecular weight is 382 g/mol. The number of carboxylic acid groups (broad SMARTS) is 1. The van der Waals surface area contributed by atoms with Crippen LogP contribution in [0, 0.1) is 5.92 Å². The minimum Gasteiger partial charge on any atom is -0.481 e. The molecule has 1 aliphatic rings. The van der Waals surface area contributed by atoms with Crippen molar-refractivity contribution in [1.29, 1.82) is 0 Å². The van der Waals surface area contributed by atoms with Gasteiger partial charge in [-0.3, -0.25) is 19.1 Å². The van der Waals surface area contributed by atoms with E-state index >= 15 is 0 Å². The topological polar surface area (TPSA) is 105 Å². The molecule has 0 aliphatic carbocycles. The largest absolute Gasteiger partial charge is 0.481 e. The molecule has 0 aromatic carbocycles. The van der Waals surface area contributed by atoms with Gasteiger partial charge in [-0.15, -0.1) is 0 Å². The molecule has 0 unspecified atom stereocenters. The Morgan fingerprint density at radius 2 is 2.11 bits per heavy atom. The number of carboxylic acids is 1. The smallest absolute Gasteiger partial charge is 0.348 e. The predicted octanol–water partition coefficient (Wildman–Crippen LogP) is 0.618. The molecule has 27 heavy (non-hydrogen) atoms. The van der Waals surface area contributed by atoms with Gasteiger partial charge in [-0.25, -0.2) is 14.2 Å². The van der Waals surface area contributed by atoms with Crippen molar-refractivity contribution >= 4 is 11.9 Å². The van der Waals surface area contributed by atoms with Gasteiger partial charge in [0.2, 0.25) is 5.91 Å². The molecule has 8 nitrogen and oxygen atoms in total. The third-order valence-electron chi connectivity index (χ3n) is 4.47. The lowest BCUT2D eigenvalue weighted by Crippen LogP contribution is -2.49. The number of carbonyl (C=O) groups excluding carboxylic acids is 1. The molecule has 1 aliphatic heterocycles. The molecule has 150 valence electrons. The number of halogens is 1. The van der Waals surface area contributed by atoms with Crippen molar-refractivity contribution in [1.82, 2.24) is 19.8 Å². The first-order chi connectivity index (χ1) is 12.8. The molecule has 9 heteroatoms. The second-order valence-corrected chi connectivity index (χ2v) is 7.34. The van der Waals surface area contributed by atoms with Crippen LogP contribution in [0.1, 0.15) is 38.3 Å². The van der Waals surface area contributed by atoms with Crippen LogP contribution in [0.3, 0.4) is 0 Å². The fourth-order valence-electron chi connectivity index (χ4n) is 3.00. The highest BCUT2D eigenvalue weighted by Crippen LogP contribution is 2.17. The van der Waals surface area contributed by atoms with E-state index in [1.54, 1.807) is 6.20 Å². The lowest BCUT2D eigenvalue weighted by atomic mass is 10.0. The number of aliphatic carboxylic acids is 1. The number of aromatic nitrogens is 2. The van der Waals surface area contributed by atoms with E-state index in [1.807, 2.05) is 18.7 Å². The third kappa shape index (κ3) is 6.42. The quantitative estimate of drug-likeness (QED) is 0.615. The Morgan fingerprint density at radius 3 is 2.70 bits per heavy atom. The van der Waals surface area contributed by atoms with Gasteiger partial charge in [0.25, 0.3) is 0 Å². The first-order valence-corrected chi connectivity index (χ1v) is 9.19. The van der Waals surface area contributed by atoms with Crippen molar-refractivity contribution < 1.29 is 19.1 Å². The number of likely N-dealkylation sites (tertiary alicyclic amines) is 1. The van der Waals surface area contributed by atoms with E-state index in [2.05, 4.69) is 10.3 Å². The number of hydrogen-bond acceptors (Lipinski definition) is 5. The van der Waals surface area contributed by atoms with Gasteiger partial charge >= 0.3 is 11.7 Å². The first-order valence-electron chi connectivity index (χ1n) is 9.19. The fraction of sp³-hybridized carbons (Fsp3) is 0.667. The van der Waals surface area contributed by atoms with Gasteiger partial charge < -0.3 is 10.4 Å². The zero-order valence-corrected chi connectivity index (χ0v) is 15.7. The van der Waals surface area contributed by atoms with Gasteiger partial charge in [0, 0.05) is 38.6 Å². The summed E-state index contributed by atoms with van der Waals surface area (Å²) in [6.07, 6.45) is 3.21. The van der Waals surface area contributed by atoms with Crippen molar-refractivity contribution in [2.45, 2.75) is 45.3 Å².